The minimum absolute atomic E-state index is 0. The number of benzene rings is 4. The van der Waals surface area contributed by atoms with Crippen molar-refractivity contribution in [2.24, 2.45) is 5.92 Å². The fourth-order valence-corrected chi connectivity index (χ4v) is 12.6. The van der Waals surface area contributed by atoms with Gasteiger partial charge in [-0.1, -0.05) is 97.6 Å². The molecule has 4 aliphatic carbocycles. The van der Waals surface area contributed by atoms with Crippen LogP contribution in [0.1, 0.15) is 99.9 Å². The molecule has 1 atom stereocenters. The molecular formula is C49H54Cl4SiZr-2. The standard InChI is InChI=1S/C25H25.C10H17Si.2C7H5Cl.2ClH.Zr/c1-14-12-24(3,4)22-8-16-7-17-9-23-19(15(2)13-25(23,5)6)11-21(17)20(16)10-18(14)22;1-8-6-9(2)10(7-8)11(3,4)5;2*1-6-2-4-7(8)5-3-6;;;/h8-12H,7H2,1-6H3;7-8H,1-5H3;2*1-5H;2*1H;/q2*-1;;;;;. The molecular weight excluding hydrogens is 850 g/mol. The van der Waals surface area contributed by atoms with Crippen LogP contribution in [0.5, 0.6) is 0 Å². The van der Waals surface area contributed by atoms with Gasteiger partial charge in [-0.25, -0.2) is 16.3 Å². The summed E-state index contributed by atoms with van der Waals surface area (Å²) in [7, 11) is -1.07. The molecule has 0 amide bonds. The van der Waals surface area contributed by atoms with Gasteiger partial charge in [-0.15, -0.1) is 36.4 Å². The van der Waals surface area contributed by atoms with Crippen molar-refractivity contribution >= 4 is 74.7 Å². The summed E-state index contributed by atoms with van der Waals surface area (Å²) in [6.07, 6.45) is 12.9. The van der Waals surface area contributed by atoms with Crippen LogP contribution in [0.25, 0.3) is 22.3 Å². The molecule has 1 unspecified atom stereocenters. The molecule has 0 heterocycles. The summed E-state index contributed by atoms with van der Waals surface area (Å²) in [6, 6.07) is 25.7. The van der Waals surface area contributed by atoms with E-state index in [1.807, 2.05) is 24.3 Å². The van der Waals surface area contributed by atoms with E-state index < -0.39 is 30.3 Å². The normalized spacial score (nSPS) is 17.3. The van der Waals surface area contributed by atoms with E-state index in [9.17, 15) is 0 Å². The number of halogens is 4. The molecule has 55 heavy (non-hydrogen) atoms. The molecule has 0 radical (unpaired) electrons. The van der Waals surface area contributed by atoms with Crippen molar-refractivity contribution in [3.8, 4) is 11.1 Å². The zero-order chi connectivity index (χ0) is 38.5. The van der Waals surface area contributed by atoms with Gasteiger partial charge >= 0.3 is 123 Å². The minimum atomic E-state index is -1.07. The Balaban J connectivity index is 0.000000196. The van der Waals surface area contributed by atoms with E-state index in [1.54, 1.807) is 5.20 Å². The number of hydrogen-bond donors (Lipinski definition) is 0. The van der Waals surface area contributed by atoms with Gasteiger partial charge in [0.1, 0.15) is 0 Å². The van der Waals surface area contributed by atoms with Gasteiger partial charge in [0.05, 0.1) is 0 Å². The van der Waals surface area contributed by atoms with E-state index in [0.29, 0.717) is 5.92 Å². The number of fused-ring (bicyclic) bond motifs is 5. The predicted octanol–water partition coefficient (Wildman–Crippen LogP) is 14.6. The predicted molar refractivity (Wildman–Crippen MR) is 247 cm³/mol. The molecule has 4 aromatic rings. The summed E-state index contributed by atoms with van der Waals surface area (Å²) in [5, 5.41) is 3.17. The van der Waals surface area contributed by atoms with Gasteiger partial charge in [-0.3, -0.25) is 12.2 Å². The van der Waals surface area contributed by atoms with Gasteiger partial charge in [-0.05, 0) is 66.4 Å². The molecule has 0 bridgehead atoms. The first kappa shape index (κ1) is 45.5. The van der Waals surface area contributed by atoms with Crippen molar-refractivity contribution < 1.29 is 22.3 Å². The van der Waals surface area contributed by atoms with Gasteiger partial charge < -0.3 is 0 Å². The van der Waals surface area contributed by atoms with Crippen LogP contribution in [0.4, 0.5) is 0 Å². The van der Waals surface area contributed by atoms with E-state index in [2.05, 4.69) is 155 Å². The van der Waals surface area contributed by atoms with Crippen LogP contribution in [0, 0.1) is 18.1 Å². The summed E-state index contributed by atoms with van der Waals surface area (Å²) in [5.74, 6) is 0.553. The Morgan fingerprint density at radius 1 is 0.691 bits per heavy atom. The van der Waals surface area contributed by atoms with Crippen molar-refractivity contribution in [3.05, 3.63) is 162 Å². The Morgan fingerprint density at radius 3 is 1.64 bits per heavy atom. The second kappa shape index (κ2) is 17.8. The first-order valence-corrected chi connectivity index (χ1v) is 25.9. The van der Waals surface area contributed by atoms with E-state index in [4.69, 9.17) is 23.2 Å². The van der Waals surface area contributed by atoms with Crippen LogP contribution in [0.15, 0.2) is 95.7 Å². The first-order chi connectivity index (χ1) is 24.8. The Bertz CT molecular complexity index is 2140. The van der Waals surface area contributed by atoms with Crippen LogP contribution in [0.2, 0.25) is 29.7 Å². The second-order valence-corrected chi connectivity index (χ2v) is 25.3. The van der Waals surface area contributed by atoms with E-state index in [0.717, 1.165) is 16.5 Å². The van der Waals surface area contributed by atoms with Crippen LogP contribution >= 0.6 is 48.0 Å². The van der Waals surface area contributed by atoms with Gasteiger partial charge in [0, 0.05) is 5.41 Å². The van der Waals surface area contributed by atoms with Gasteiger partial charge in [0.25, 0.3) is 0 Å². The maximum atomic E-state index is 5.84. The summed E-state index contributed by atoms with van der Waals surface area (Å²) in [5.41, 5.74) is 18.5. The zero-order valence-electron chi connectivity index (χ0n) is 34.1. The van der Waals surface area contributed by atoms with Gasteiger partial charge in [0.15, 0.2) is 0 Å². The number of allylic oxidation sites excluding steroid dienone is 8. The van der Waals surface area contributed by atoms with E-state index >= 15 is 0 Å². The number of rotatable bonds is 3. The molecule has 4 aliphatic rings. The average molecular weight is 904 g/mol. The molecule has 4 aromatic carbocycles. The second-order valence-electron chi connectivity index (χ2n) is 17.2. The molecule has 8 rings (SSSR count). The van der Waals surface area contributed by atoms with Crippen LogP contribution in [-0.4, -0.2) is 15.5 Å². The van der Waals surface area contributed by atoms with Crippen molar-refractivity contribution in [2.75, 3.05) is 0 Å². The van der Waals surface area contributed by atoms with Gasteiger partial charge in [0.2, 0.25) is 0 Å². The molecule has 0 aromatic heterocycles. The Hall–Kier alpha value is -2.16. The van der Waals surface area contributed by atoms with Crippen molar-refractivity contribution in [1.29, 1.82) is 0 Å². The quantitative estimate of drug-likeness (QED) is 0.125. The fourth-order valence-electron chi connectivity index (χ4n) is 8.28. The first-order valence-electron chi connectivity index (χ1n) is 18.8. The molecule has 0 saturated carbocycles. The molecule has 0 nitrogen and oxygen atoms in total. The molecule has 6 heteroatoms. The molecule has 0 aliphatic heterocycles. The SMILES string of the molecule is CC1=[C-]C(C)(C)c2cc3c(cc21)-c1cc2c(cc1C3)C(C)(C)C=C2C.CC1=[C-]C(C)C=C1[Si](C)(C)C.Cl.Cl.Clc1ccc([CH]=[Zr]=[CH]c2ccc(Cl)cc2)cc1. The van der Waals surface area contributed by atoms with Crippen molar-refractivity contribution in [1.82, 2.24) is 0 Å². The molecule has 0 fully saturated rings. The molecule has 0 spiro atoms. The monoisotopic (exact) mass is 900 g/mol. The third-order valence-corrected chi connectivity index (χ3v) is 15.9. The third-order valence-electron chi connectivity index (χ3n) is 10.7. The molecule has 0 N–H and O–H groups in total. The van der Waals surface area contributed by atoms with Crippen LogP contribution < -0.4 is 0 Å². The van der Waals surface area contributed by atoms with Crippen LogP contribution in [0.3, 0.4) is 0 Å². The average Bonchev–Trinajstić information content (AvgIpc) is 3.75. The van der Waals surface area contributed by atoms with Crippen LogP contribution in [-0.2, 0) is 39.5 Å². The summed E-state index contributed by atoms with van der Waals surface area (Å²) >= 11 is 11.0. The topological polar surface area (TPSA) is 0 Å². The van der Waals surface area contributed by atoms with E-state index in [-0.39, 0.29) is 35.6 Å². The Morgan fingerprint density at radius 2 is 1.18 bits per heavy atom. The number of hydrogen-bond acceptors (Lipinski definition) is 0. The van der Waals surface area contributed by atoms with Crippen molar-refractivity contribution in [2.45, 2.75) is 92.3 Å². The molecule has 288 valence electrons. The van der Waals surface area contributed by atoms with Gasteiger partial charge in [-0.2, -0.15) is 11.6 Å². The third kappa shape index (κ3) is 10.3. The Kier molecular flexibility index (Phi) is 14.7. The van der Waals surface area contributed by atoms with Crippen molar-refractivity contribution in [3.63, 3.8) is 0 Å². The summed E-state index contributed by atoms with van der Waals surface area (Å²) in [6.45, 7) is 25.2. The summed E-state index contributed by atoms with van der Waals surface area (Å²) in [4.78, 5) is 0. The van der Waals surface area contributed by atoms with E-state index in [1.165, 1.54) is 72.4 Å². The fraction of sp³-hybridized carbons (Fsp3) is 0.306. The Labute approximate surface area is 365 Å². The maximum absolute atomic E-state index is 5.84. The zero-order valence-corrected chi connectivity index (χ0v) is 40.7. The summed E-state index contributed by atoms with van der Waals surface area (Å²) < 4.78 is 4.66. The molecule has 0 saturated heterocycles.